The van der Waals surface area contributed by atoms with Gasteiger partial charge in [-0.1, -0.05) is 49.6 Å². The molecule has 1 nitrogen and oxygen atoms in total. The first kappa shape index (κ1) is 16.6. The first-order chi connectivity index (χ1) is 9.10. The largest absolute Gasteiger partial charge is 0.316 e. The molecule has 0 fully saturated rings. The summed E-state index contributed by atoms with van der Waals surface area (Å²) in [6.07, 6.45) is 3.77. The molecule has 0 heterocycles. The minimum absolute atomic E-state index is 0.644. The summed E-state index contributed by atoms with van der Waals surface area (Å²) in [6.45, 7) is 8.95. The average molecular weight is 279 g/mol. The van der Waals surface area contributed by atoms with Crippen molar-refractivity contribution in [3.05, 3.63) is 34.9 Å². The second-order valence-electron chi connectivity index (χ2n) is 5.44. The maximum Gasteiger partial charge on any atom is 0.0201 e. The lowest BCUT2D eigenvalue weighted by atomic mass is 10.1. The van der Waals surface area contributed by atoms with Crippen LogP contribution in [-0.2, 0) is 5.75 Å². The van der Waals surface area contributed by atoms with Gasteiger partial charge in [-0.05, 0) is 39.3 Å². The van der Waals surface area contributed by atoms with Crippen LogP contribution in [0.5, 0.6) is 0 Å². The number of benzene rings is 1. The van der Waals surface area contributed by atoms with Crippen molar-refractivity contribution >= 4 is 11.8 Å². The van der Waals surface area contributed by atoms with Crippen LogP contribution >= 0.6 is 11.8 Å². The molecule has 2 unspecified atom stereocenters. The molecule has 0 aliphatic heterocycles. The van der Waals surface area contributed by atoms with Crippen LogP contribution in [0.4, 0.5) is 0 Å². The molecule has 0 aromatic heterocycles. The fourth-order valence-electron chi connectivity index (χ4n) is 2.70. The zero-order valence-electron chi connectivity index (χ0n) is 13.1. The number of nitrogens with one attached hydrogen (secondary N) is 1. The van der Waals surface area contributed by atoms with Gasteiger partial charge in [-0.3, -0.25) is 0 Å². The Morgan fingerprint density at radius 3 is 2.21 bits per heavy atom. The van der Waals surface area contributed by atoms with Crippen molar-refractivity contribution in [3.8, 4) is 0 Å². The molecule has 0 aliphatic carbocycles. The molecule has 1 N–H and O–H groups in total. The van der Waals surface area contributed by atoms with Gasteiger partial charge in [-0.15, -0.1) is 0 Å². The van der Waals surface area contributed by atoms with Crippen LogP contribution in [0.2, 0.25) is 0 Å². The zero-order chi connectivity index (χ0) is 14.3. The average Bonchev–Trinajstić information content (AvgIpc) is 2.37. The third kappa shape index (κ3) is 5.58. The molecule has 1 aromatic rings. The molecule has 2 atom stereocenters. The highest BCUT2D eigenvalue weighted by Gasteiger charge is 2.17. The van der Waals surface area contributed by atoms with Gasteiger partial charge >= 0.3 is 0 Å². The van der Waals surface area contributed by atoms with Gasteiger partial charge in [0, 0.05) is 17.0 Å². The number of aryl methyl sites for hydroxylation is 2. The Balaban J connectivity index is 2.61. The van der Waals surface area contributed by atoms with E-state index in [-0.39, 0.29) is 0 Å². The Morgan fingerprint density at radius 2 is 1.74 bits per heavy atom. The van der Waals surface area contributed by atoms with Crippen LogP contribution < -0.4 is 5.32 Å². The fourth-order valence-corrected chi connectivity index (χ4v) is 4.01. The molecular weight excluding hydrogens is 250 g/mol. The number of hydrogen-bond donors (Lipinski definition) is 1. The van der Waals surface area contributed by atoms with Crippen molar-refractivity contribution in [3.63, 3.8) is 0 Å². The number of rotatable bonds is 8. The molecule has 0 radical (unpaired) electrons. The second kappa shape index (κ2) is 8.65. The van der Waals surface area contributed by atoms with E-state index in [4.69, 9.17) is 0 Å². The van der Waals surface area contributed by atoms with Gasteiger partial charge in [0.05, 0.1) is 0 Å². The molecule has 0 amide bonds. The lowest BCUT2D eigenvalue weighted by molar-refractivity contribution is 0.490. The zero-order valence-corrected chi connectivity index (χ0v) is 13.9. The van der Waals surface area contributed by atoms with E-state index in [1.165, 1.54) is 36.0 Å². The smallest absolute Gasteiger partial charge is 0.0201 e. The minimum Gasteiger partial charge on any atom is -0.316 e. The van der Waals surface area contributed by atoms with E-state index in [2.05, 4.69) is 70.0 Å². The highest BCUT2D eigenvalue weighted by Crippen LogP contribution is 2.25. The second-order valence-corrected chi connectivity index (χ2v) is 6.67. The summed E-state index contributed by atoms with van der Waals surface area (Å²) in [5, 5.41) is 4.21. The third-order valence-corrected chi connectivity index (χ3v) is 5.16. The van der Waals surface area contributed by atoms with Crippen LogP contribution in [0.25, 0.3) is 0 Å². The molecule has 0 saturated heterocycles. The maximum absolute atomic E-state index is 3.49. The number of thioether (sulfide) groups is 1. The van der Waals surface area contributed by atoms with Crippen LogP contribution in [0.15, 0.2) is 18.2 Å². The Kier molecular flexibility index (Phi) is 7.55. The summed E-state index contributed by atoms with van der Waals surface area (Å²) in [7, 11) is 2.10. The summed E-state index contributed by atoms with van der Waals surface area (Å²) >= 11 is 2.10. The molecular formula is C17H29NS. The molecule has 2 heteroatoms. The van der Waals surface area contributed by atoms with Gasteiger partial charge in [-0.25, -0.2) is 0 Å². The molecule has 0 aliphatic rings. The van der Waals surface area contributed by atoms with Crippen LogP contribution in [0.1, 0.15) is 49.8 Å². The summed E-state index contributed by atoms with van der Waals surface area (Å²) < 4.78 is 0. The molecule has 0 saturated carbocycles. The van der Waals surface area contributed by atoms with E-state index in [0.717, 1.165) is 5.75 Å². The van der Waals surface area contributed by atoms with Crippen LogP contribution in [0.3, 0.4) is 0 Å². The van der Waals surface area contributed by atoms with E-state index in [1.54, 1.807) is 0 Å². The van der Waals surface area contributed by atoms with E-state index in [9.17, 15) is 0 Å². The highest BCUT2D eigenvalue weighted by atomic mass is 32.2. The molecule has 1 rings (SSSR count). The van der Waals surface area contributed by atoms with E-state index in [0.29, 0.717) is 11.3 Å². The Morgan fingerprint density at radius 1 is 1.11 bits per heavy atom. The van der Waals surface area contributed by atoms with E-state index >= 15 is 0 Å². The molecule has 0 bridgehead atoms. The van der Waals surface area contributed by atoms with Gasteiger partial charge in [0.15, 0.2) is 0 Å². The Bertz CT molecular complexity index is 355. The summed E-state index contributed by atoms with van der Waals surface area (Å²) in [4.78, 5) is 0. The summed E-state index contributed by atoms with van der Waals surface area (Å²) in [5.74, 6) is 1.13. The predicted molar refractivity (Wildman–Crippen MR) is 89.0 cm³/mol. The van der Waals surface area contributed by atoms with Gasteiger partial charge in [-0.2, -0.15) is 11.8 Å². The first-order valence-electron chi connectivity index (χ1n) is 7.46. The predicted octanol–water partition coefficient (Wildman–Crippen LogP) is 4.70. The van der Waals surface area contributed by atoms with Crippen molar-refractivity contribution in [2.24, 2.45) is 0 Å². The topological polar surface area (TPSA) is 12.0 Å². The van der Waals surface area contributed by atoms with Crippen LogP contribution in [0, 0.1) is 13.8 Å². The first-order valence-corrected chi connectivity index (χ1v) is 8.51. The van der Waals surface area contributed by atoms with Crippen molar-refractivity contribution in [1.82, 2.24) is 5.32 Å². The molecule has 19 heavy (non-hydrogen) atoms. The molecule has 0 spiro atoms. The highest BCUT2D eigenvalue weighted by molar-refractivity contribution is 7.99. The molecule has 1 aromatic carbocycles. The third-order valence-electron chi connectivity index (χ3n) is 3.57. The van der Waals surface area contributed by atoms with Crippen molar-refractivity contribution < 1.29 is 0 Å². The minimum atomic E-state index is 0.644. The fraction of sp³-hybridized carbons (Fsp3) is 0.647. The van der Waals surface area contributed by atoms with Gasteiger partial charge in [0.1, 0.15) is 0 Å². The monoisotopic (exact) mass is 279 g/mol. The van der Waals surface area contributed by atoms with Gasteiger partial charge < -0.3 is 5.32 Å². The lowest BCUT2D eigenvalue weighted by Crippen LogP contribution is -2.35. The van der Waals surface area contributed by atoms with E-state index < -0.39 is 0 Å². The lowest BCUT2D eigenvalue weighted by Gasteiger charge is -2.25. The van der Waals surface area contributed by atoms with Crippen molar-refractivity contribution in [2.45, 2.75) is 64.0 Å². The van der Waals surface area contributed by atoms with Crippen LogP contribution in [-0.4, -0.2) is 18.3 Å². The molecule has 108 valence electrons. The summed E-state index contributed by atoms with van der Waals surface area (Å²) in [6, 6.07) is 7.53. The summed E-state index contributed by atoms with van der Waals surface area (Å²) in [5.41, 5.74) is 4.22. The number of hydrogen-bond acceptors (Lipinski definition) is 2. The quantitative estimate of drug-likeness (QED) is 0.740. The maximum atomic E-state index is 3.49. The Labute approximate surface area is 123 Å². The van der Waals surface area contributed by atoms with Gasteiger partial charge in [0.2, 0.25) is 0 Å². The Hall–Kier alpha value is -0.470. The van der Waals surface area contributed by atoms with E-state index in [1.807, 2.05) is 0 Å². The standard InChI is InChI=1S/C17H29NS/c1-6-8-16(18-5)17(7-2)19-12-15-10-13(3)9-14(4)11-15/h9-11,16-18H,6-8,12H2,1-5H3. The SMILES string of the molecule is CCCC(NC)C(CC)SCc1cc(C)cc(C)c1. The van der Waals surface area contributed by atoms with Crippen molar-refractivity contribution in [1.29, 1.82) is 0 Å². The van der Waals surface area contributed by atoms with Gasteiger partial charge in [0.25, 0.3) is 0 Å². The normalized spacial score (nSPS) is 14.4. The van der Waals surface area contributed by atoms with Crippen molar-refractivity contribution in [2.75, 3.05) is 7.05 Å².